The Kier molecular flexibility index (Phi) is 4.42. The van der Waals surface area contributed by atoms with Crippen LogP contribution in [0, 0.1) is 17.8 Å². The molecule has 2 bridgehead atoms. The van der Waals surface area contributed by atoms with E-state index in [1.165, 1.54) is 32.2 Å². The molecule has 0 radical (unpaired) electrons. The fourth-order valence-corrected chi connectivity index (χ4v) is 4.11. The number of nitrogens with one attached hydrogen (secondary N) is 1. The Labute approximate surface area is 102 Å². The lowest BCUT2D eigenvalue weighted by molar-refractivity contribution is 0.307. The Hall–Kier alpha value is 0.110. The second-order valence-corrected chi connectivity index (χ2v) is 7.36. The Bertz CT molecular complexity index is 256. The molecule has 0 aliphatic heterocycles. The van der Waals surface area contributed by atoms with E-state index in [9.17, 15) is 4.21 Å². The first-order valence-electron chi connectivity index (χ1n) is 6.68. The Morgan fingerprint density at radius 2 is 2.19 bits per heavy atom. The predicted octanol–water partition coefficient (Wildman–Crippen LogP) is 2.17. The Balaban J connectivity index is 1.62. The van der Waals surface area contributed by atoms with E-state index < -0.39 is 10.8 Å². The SMILES string of the molecule is CC(CCS(C)=O)NCC1CC2CCC1C2. The molecule has 0 saturated heterocycles. The zero-order valence-corrected chi connectivity index (χ0v) is 11.4. The van der Waals surface area contributed by atoms with Crippen LogP contribution in [0.5, 0.6) is 0 Å². The van der Waals surface area contributed by atoms with Crippen molar-refractivity contribution in [2.75, 3.05) is 18.6 Å². The van der Waals surface area contributed by atoms with E-state index in [0.29, 0.717) is 6.04 Å². The molecule has 2 aliphatic rings. The topological polar surface area (TPSA) is 29.1 Å². The van der Waals surface area contributed by atoms with Crippen LogP contribution in [0.3, 0.4) is 0 Å². The van der Waals surface area contributed by atoms with Gasteiger partial charge in [0, 0.05) is 28.9 Å². The van der Waals surface area contributed by atoms with Gasteiger partial charge in [-0.3, -0.25) is 4.21 Å². The van der Waals surface area contributed by atoms with Crippen molar-refractivity contribution in [3.63, 3.8) is 0 Å². The van der Waals surface area contributed by atoms with Gasteiger partial charge in [-0.2, -0.15) is 0 Å². The summed E-state index contributed by atoms with van der Waals surface area (Å²) in [6.45, 7) is 3.42. The van der Waals surface area contributed by atoms with Crippen LogP contribution < -0.4 is 5.32 Å². The van der Waals surface area contributed by atoms with Crippen LogP contribution in [-0.4, -0.2) is 28.8 Å². The van der Waals surface area contributed by atoms with Crippen molar-refractivity contribution in [2.24, 2.45) is 17.8 Å². The molecule has 0 aromatic carbocycles. The maximum absolute atomic E-state index is 11.0. The summed E-state index contributed by atoms with van der Waals surface area (Å²) in [5.41, 5.74) is 0. The highest BCUT2D eigenvalue weighted by atomic mass is 32.2. The molecule has 0 aromatic heterocycles. The molecule has 0 spiro atoms. The summed E-state index contributed by atoms with van der Waals surface area (Å²) in [6.07, 6.45) is 8.77. The molecule has 2 rings (SSSR count). The van der Waals surface area contributed by atoms with Crippen LogP contribution in [0.1, 0.15) is 39.0 Å². The van der Waals surface area contributed by atoms with Gasteiger partial charge in [0.1, 0.15) is 0 Å². The highest BCUT2D eigenvalue weighted by molar-refractivity contribution is 7.84. The minimum atomic E-state index is -0.633. The molecule has 0 heterocycles. The molecular weight excluding hydrogens is 218 g/mol. The molecule has 5 unspecified atom stereocenters. The van der Waals surface area contributed by atoms with Gasteiger partial charge < -0.3 is 5.32 Å². The lowest BCUT2D eigenvalue weighted by Crippen LogP contribution is -2.34. The minimum Gasteiger partial charge on any atom is -0.314 e. The minimum absolute atomic E-state index is 0.531. The van der Waals surface area contributed by atoms with Gasteiger partial charge in [0.15, 0.2) is 0 Å². The second kappa shape index (κ2) is 5.63. The smallest absolute Gasteiger partial charge is 0.0246 e. The summed E-state index contributed by atoms with van der Waals surface area (Å²) >= 11 is 0. The fourth-order valence-electron chi connectivity index (χ4n) is 3.42. The quantitative estimate of drug-likeness (QED) is 0.774. The molecule has 3 heteroatoms. The van der Waals surface area contributed by atoms with Gasteiger partial charge in [0.25, 0.3) is 0 Å². The maximum atomic E-state index is 11.0. The summed E-state index contributed by atoms with van der Waals surface area (Å²) in [6, 6.07) is 0.531. The molecule has 0 aromatic rings. The van der Waals surface area contributed by atoms with Crippen LogP contribution in [0.25, 0.3) is 0 Å². The van der Waals surface area contributed by atoms with Gasteiger partial charge in [0.2, 0.25) is 0 Å². The first-order valence-corrected chi connectivity index (χ1v) is 8.41. The number of fused-ring (bicyclic) bond motifs is 2. The van der Waals surface area contributed by atoms with E-state index in [-0.39, 0.29) is 0 Å². The van der Waals surface area contributed by atoms with Gasteiger partial charge in [0.05, 0.1) is 0 Å². The normalized spacial score (nSPS) is 36.5. The molecule has 2 nitrogen and oxygen atoms in total. The Morgan fingerprint density at radius 3 is 2.75 bits per heavy atom. The van der Waals surface area contributed by atoms with E-state index in [2.05, 4.69) is 12.2 Å². The number of hydrogen-bond donors (Lipinski definition) is 1. The summed E-state index contributed by atoms with van der Waals surface area (Å²) in [5, 5.41) is 3.63. The van der Waals surface area contributed by atoms with Crippen molar-refractivity contribution in [3.05, 3.63) is 0 Å². The van der Waals surface area contributed by atoms with E-state index in [0.717, 1.165) is 29.9 Å². The zero-order chi connectivity index (χ0) is 11.5. The first kappa shape index (κ1) is 12.6. The van der Waals surface area contributed by atoms with Crippen molar-refractivity contribution in [2.45, 2.75) is 45.1 Å². The van der Waals surface area contributed by atoms with Crippen LogP contribution in [-0.2, 0) is 10.8 Å². The van der Waals surface area contributed by atoms with Crippen LogP contribution in [0.15, 0.2) is 0 Å². The first-order chi connectivity index (χ1) is 7.65. The van der Waals surface area contributed by atoms with E-state index in [4.69, 9.17) is 0 Å². The molecule has 94 valence electrons. The third-order valence-electron chi connectivity index (χ3n) is 4.45. The molecule has 2 aliphatic carbocycles. The second-order valence-electron chi connectivity index (χ2n) is 5.81. The average molecular weight is 243 g/mol. The largest absolute Gasteiger partial charge is 0.314 e. The summed E-state index contributed by atoms with van der Waals surface area (Å²) in [7, 11) is -0.633. The van der Waals surface area contributed by atoms with Crippen molar-refractivity contribution in [3.8, 4) is 0 Å². The van der Waals surface area contributed by atoms with Crippen LogP contribution >= 0.6 is 0 Å². The van der Waals surface area contributed by atoms with E-state index in [1.807, 2.05) is 0 Å². The number of rotatable bonds is 6. The van der Waals surface area contributed by atoms with Gasteiger partial charge >= 0.3 is 0 Å². The molecular formula is C13H25NOS. The van der Waals surface area contributed by atoms with Crippen LogP contribution in [0.2, 0.25) is 0 Å². The van der Waals surface area contributed by atoms with Gasteiger partial charge in [-0.25, -0.2) is 0 Å². The molecule has 1 N–H and O–H groups in total. The van der Waals surface area contributed by atoms with Gasteiger partial charge in [-0.15, -0.1) is 0 Å². The van der Waals surface area contributed by atoms with Gasteiger partial charge in [-0.05, 0) is 56.9 Å². The third kappa shape index (κ3) is 3.30. The monoisotopic (exact) mass is 243 g/mol. The molecule has 5 atom stereocenters. The summed E-state index contributed by atoms with van der Waals surface area (Å²) < 4.78 is 11.0. The van der Waals surface area contributed by atoms with Crippen molar-refractivity contribution >= 4 is 10.8 Å². The summed E-state index contributed by atoms with van der Waals surface area (Å²) in [4.78, 5) is 0. The number of hydrogen-bond acceptors (Lipinski definition) is 2. The average Bonchev–Trinajstić information content (AvgIpc) is 2.84. The molecule has 2 fully saturated rings. The highest BCUT2D eigenvalue weighted by Crippen LogP contribution is 2.47. The Morgan fingerprint density at radius 1 is 1.38 bits per heavy atom. The summed E-state index contributed by atoms with van der Waals surface area (Å²) in [5.74, 6) is 3.85. The van der Waals surface area contributed by atoms with Crippen molar-refractivity contribution in [1.82, 2.24) is 5.32 Å². The predicted molar refractivity (Wildman–Crippen MR) is 70.0 cm³/mol. The van der Waals surface area contributed by atoms with Crippen molar-refractivity contribution < 1.29 is 4.21 Å². The standard InChI is InChI=1S/C13H25NOS/c1-10(5-6-16(2)15)14-9-13-8-11-3-4-12(13)7-11/h10-14H,3-9H2,1-2H3. The third-order valence-corrected chi connectivity index (χ3v) is 5.26. The highest BCUT2D eigenvalue weighted by Gasteiger charge is 2.38. The molecule has 2 saturated carbocycles. The van der Waals surface area contributed by atoms with Crippen LogP contribution in [0.4, 0.5) is 0 Å². The van der Waals surface area contributed by atoms with E-state index in [1.54, 1.807) is 6.26 Å². The molecule has 0 amide bonds. The zero-order valence-electron chi connectivity index (χ0n) is 10.6. The maximum Gasteiger partial charge on any atom is 0.0246 e. The molecule has 16 heavy (non-hydrogen) atoms. The van der Waals surface area contributed by atoms with E-state index >= 15 is 0 Å². The fraction of sp³-hybridized carbons (Fsp3) is 1.00. The van der Waals surface area contributed by atoms with Gasteiger partial charge in [-0.1, -0.05) is 6.42 Å². The van der Waals surface area contributed by atoms with Crippen molar-refractivity contribution in [1.29, 1.82) is 0 Å². The lowest BCUT2D eigenvalue weighted by Gasteiger charge is -2.24. The lowest BCUT2D eigenvalue weighted by atomic mass is 9.88.